The molecular weight excluding hydrogens is 1830 g/mol. The van der Waals surface area contributed by atoms with E-state index in [-0.39, 0.29) is 138 Å². The van der Waals surface area contributed by atoms with Crippen molar-refractivity contribution in [2.24, 2.45) is 40.8 Å². The number of aryl methyl sites for hydroxylation is 2. The summed E-state index contributed by atoms with van der Waals surface area (Å²) in [5.74, 6) is 2.46. The smallest absolute Gasteiger partial charge is 0.128 e. The number of para-hydroxylation sites is 6. The quantitative estimate of drug-likeness (QED) is 0.0171. The SMILES string of the molecule is CC(C)(C)CC(C)(C)c1cc(C(C)(C)C)cc(C=Nc2ccccc2N=Cc2cc(C(C)(C)C)cc(C(C)(C)CC(C)(C)C)c2O)c1O.CCC(CC)(CC)c1cc(C(C)C)cc(C=Nc2ccccc2N=Cc2cc(C(C)C)cc(C(CC)(CC)CC)c2O)c1O.CCC(CC)(CC)c1cc(C)cc(C=Nc2ccccc2N=Cc2cc(C)cc(C(CC)(CC)CC)c2O)c1O.[CH3-].[CH3-].[CH3-].[Co].[Co].[Co]. The summed E-state index contributed by atoms with van der Waals surface area (Å²) < 4.78 is 0. The minimum absolute atomic E-state index is 0. The molecule has 0 spiro atoms. The Morgan fingerprint density at radius 3 is 0.616 bits per heavy atom. The maximum absolute atomic E-state index is 11.6. The molecule has 15 heteroatoms. The van der Waals surface area contributed by atoms with E-state index >= 15 is 0 Å². The summed E-state index contributed by atoms with van der Waals surface area (Å²) in [6, 6.07) is 48.4. The van der Waals surface area contributed by atoms with Gasteiger partial charge >= 0.3 is 0 Å². The topological polar surface area (TPSA) is 196 Å². The average molecular weight is 2010 g/mol. The van der Waals surface area contributed by atoms with Gasteiger partial charge in [-0.15, -0.1) is 0 Å². The van der Waals surface area contributed by atoms with E-state index in [0.717, 1.165) is 157 Å². The molecule has 0 bridgehead atoms. The van der Waals surface area contributed by atoms with Gasteiger partial charge in [0.25, 0.3) is 0 Å². The van der Waals surface area contributed by atoms with Gasteiger partial charge in [0.05, 0.1) is 34.1 Å². The van der Waals surface area contributed by atoms with Gasteiger partial charge in [-0.3, -0.25) is 30.0 Å². The van der Waals surface area contributed by atoms with Crippen LogP contribution in [0.1, 0.15) is 423 Å². The third-order valence-electron chi connectivity index (χ3n) is 28.7. The molecule has 0 aliphatic rings. The van der Waals surface area contributed by atoms with Crippen LogP contribution in [0.4, 0.5) is 34.1 Å². The number of hydrogen-bond donors (Lipinski definition) is 6. The molecule has 0 fully saturated rings. The molecule has 0 aliphatic carbocycles. The van der Waals surface area contributed by atoms with Crippen LogP contribution in [0, 0.1) is 47.0 Å². The Morgan fingerprint density at radius 2 is 0.435 bits per heavy atom. The Kier molecular flexibility index (Phi) is 49.3. The number of aromatic hydroxyl groups is 6. The van der Waals surface area contributed by atoms with Gasteiger partial charge < -0.3 is 52.9 Å². The largest absolute Gasteiger partial charge is 0.507 e. The standard InChI is InChI=1S/C44H64N2O2.C40H56N2O2.C36H48N2O2.3CH3.3Co/c1-39(2,3)27-43(13,14)33-23-31(41(7,8)9)21-29(37(33)47)25-45-35-19-17-18-20-36(35)46-26-30-22-32(42(10,11)12)24-34(38(30)48)44(15,16)28-40(4,5)6;1-11-39(12-2,13-3)33-23-29(27(7)8)21-31(37(33)43)25-41-35-19-17-18-20-36(35)42-26-32-22-30(28(9)10)24-34(38(32)44)40(14-4,15-5)16-6;1-9-35(10-2,11-3)29-21-25(7)19-27(33(29)39)23-37-31-17-15-16-18-32(31)38-24-28-20-26(8)22-30(34(28)40)36(12-4,13-5)14-6;;;;;;/h17-26,47-48H,27-28H2,1-16H3;17-28,43-44H,11-16H2,1-10H3;15-24,39-40H,9-14H2,1-8H3;3*1H3;;;/q;;;3*-1;;;. The summed E-state index contributed by atoms with van der Waals surface area (Å²) in [6.45, 7) is 74.8. The van der Waals surface area contributed by atoms with Crippen molar-refractivity contribution >= 4 is 71.4 Å². The van der Waals surface area contributed by atoms with E-state index < -0.39 is 0 Å². The summed E-state index contributed by atoms with van der Waals surface area (Å²) in [7, 11) is 0. The molecule has 0 heterocycles. The molecule has 0 saturated heterocycles. The monoisotopic (exact) mass is 2010 g/mol. The second-order valence-electron chi connectivity index (χ2n) is 43.9. The molecule has 0 saturated carbocycles. The molecule has 3 radical (unpaired) electrons. The molecule has 0 unspecified atom stereocenters. The third kappa shape index (κ3) is 31.4. The Balaban J connectivity index is 0.00000102. The molecule has 0 amide bonds. The molecule has 138 heavy (non-hydrogen) atoms. The number of nitrogens with zero attached hydrogens (tertiary/aromatic N) is 6. The average Bonchev–Trinajstić information content (AvgIpc) is 0.771. The molecule has 0 aromatic heterocycles. The van der Waals surface area contributed by atoms with Crippen LogP contribution in [0.15, 0.2) is 176 Å². The Labute approximate surface area is 869 Å². The molecule has 12 nitrogen and oxygen atoms in total. The number of aliphatic imine (C=N–C) groups is 6. The second kappa shape index (κ2) is 53.4. The number of phenolic OH excluding ortho intramolecular Hbond substituents is 6. The zero-order valence-electron chi connectivity index (χ0n) is 91.7. The molecule has 765 valence electrons. The fraction of sp³-hybridized carbons (Fsp3) is 0.488. The predicted octanol–water partition coefficient (Wildman–Crippen LogP) is 35.9. The van der Waals surface area contributed by atoms with Crippen molar-refractivity contribution in [2.75, 3.05) is 0 Å². The molecule has 9 aromatic carbocycles. The van der Waals surface area contributed by atoms with Gasteiger partial charge in [0.15, 0.2) is 0 Å². The molecule has 9 rings (SSSR count). The van der Waals surface area contributed by atoms with E-state index in [0.29, 0.717) is 91.2 Å². The zero-order chi connectivity index (χ0) is 98.8. The van der Waals surface area contributed by atoms with Crippen LogP contribution in [-0.4, -0.2) is 67.9 Å². The second-order valence-corrected chi connectivity index (χ2v) is 43.9. The van der Waals surface area contributed by atoms with Gasteiger partial charge in [-0.25, -0.2) is 0 Å². The van der Waals surface area contributed by atoms with Gasteiger partial charge in [-0.1, -0.05) is 294 Å². The van der Waals surface area contributed by atoms with E-state index in [4.69, 9.17) is 30.0 Å². The van der Waals surface area contributed by atoms with Gasteiger partial charge in [0.2, 0.25) is 0 Å². The minimum Gasteiger partial charge on any atom is -0.507 e. The maximum Gasteiger partial charge on any atom is 0.128 e. The first-order chi connectivity index (χ1) is 61.7. The summed E-state index contributed by atoms with van der Waals surface area (Å²) in [5, 5.41) is 69.0. The first-order valence-corrected chi connectivity index (χ1v) is 49.4. The van der Waals surface area contributed by atoms with Crippen molar-refractivity contribution in [1.29, 1.82) is 0 Å². The van der Waals surface area contributed by atoms with Crippen LogP contribution in [0.3, 0.4) is 0 Å². The number of benzene rings is 9. The van der Waals surface area contributed by atoms with E-state index in [9.17, 15) is 30.6 Å². The van der Waals surface area contributed by atoms with Crippen molar-refractivity contribution in [1.82, 2.24) is 0 Å². The summed E-state index contributed by atoms with van der Waals surface area (Å²) in [4.78, 5) is 29.0. The Bertz CT molecular complexity index is 5210. The summed E-state index contributed by atoms with van der Waals surface area (Å²) in [5.41, 5.74) is 20.6. The Morgan fingerprint density at radius 1 is 0.254 bits per heavy atom. The van der Waals surface area contributed by atoms with Crippen molar-refractivity contribution < 1.29 is 81.0 Å². The van der Waals surface area contributed by atoms with Crippen LogP contribution in [0.2, 0.25) is 0 Å². The predicted molar refractivity (Wildman–Crippen MR) is 590 cm³/mol. The fourth-order valence-electron chi connectivity index (χ4n) is 20.1. The van der Waals surface area contributed by atoms with Crippen LogP contribution >= 0.6 is 0 Å². The maximum atomic E-state index is 11.6. The minimum atomic E-state index is -0.238. The van der Waals surface area contributed by atoms with Gasteiger partial charge in [-0.2, -0.15) is 0 Å². The van der Waals surface area contributed by atoms with E-state index in [1.165, 1.54) is 11.1 Å². The zero-order valence-corrected chi connectivity index (χ0v) is 94.9. The van der Waals surface area contributed by atoms with E-state index in [1.807, 2.05) is 84.9 Å². The van der Waals surface area contributed by atoms with Crippen molar-refractivity contribution in [3.05, 3.63) is 268 Å². The summed E-state index contributed by atoms with van der Waals surface area (Å²) in [6.07, 6.45) is 24.0. The van der Waals surface area contributed by atoms with Crippen LogP contribution in [0.25, 0.3) is 0 Å². The van der Waals surface area contributed by atoms with E-state index in [1.54, 1.807) is 37.3 Å². The van der Waals surface area contributed by atoms with E-state index in [2.05, 4.69) is 296 Å². The van der Waals surface area contributed by atoms with Gasteiger partial charge in [0.1, 0.15) is 34.5 Å². The number of phenols is 6. The van der Waals surface area contributed by atoms with Crippen molar-refractivity contribution in [3.8, 4) is 34.5 Å². The van der Waals surface area contributed by atoms with Crippen molar-refractivity contribution in [3.63, 3.8) is 0 Å². The van der Waals surface area contributed by atoms with Gasteiger partial charge in [-0.05, 0) is 276 Å². The molecule has 0 aliphatic heterocycles. The van der Waals surface area contributed by atoms with Gasteiger partial charge in [0, 0.05) is 154 Å². The normalized spacial score (nSPS) is 12.6. The molecular formula is C123H177Co3N6O6-3. The fourth-order valence-corrected chi connectivity index (χ4v) is 20.1. The van der Waals surface area contributed by atoms with Crippen LogP contribution < -0.4 is 0 Å². The third-order valence-corrected chi connectivity index (χ3v) is 28.7. The first-order valence-electron chi connectivity index (χ1n) is 49.4. The number of rotatable bonds is 34. The molecule has 9 aromatic rings. The number of hydrogen-bond acceptors (Lipinski definition) is 12. The molecule has 0 atom stereocenters. The molecule has 6 N–H and O–H groups in total. The summed E-state index contributed by atoms with van der Waals surface area (Å²) >= 11 is 0. The van der Waals surface area contributed by atoms with Crippen LogP contribution in [0.5, 0.6) is 34.5 Å². The van der Waals surface area contributed by atoms with Crippen molar-refractivity contribution in [2.45, 2.75) is 380 Å². The van der Waals surface area contributed by atoms with Crippen LogP contribution in [-0.2, 0) is 93.7 Å². The first kappa shape index (κ1) is 127. The Hall–Kier alpha value is -8.68.